The Kier molecular flexibility index (Phi) is 2.25. The number of rotatable bonds is 3. The summed E-state index contributed by atoms with van der Waals surface area (Å²) in [5.41, 5.74) is 5.15. The predicted octanol–water partition coefficient (Wildman–Crippen LogP) is 0.319. The van der Waals surface area contributed by atoms with Crippen LogP contribution in [0.2, 0.25) is 0 Å². The molecule has 0 fully saturated rings. The highest BCUT2D eigenvalue weighted by atomic mass is 16.1. The Hall–Kier alpha value is -1.32. The van der Waals surface area contributed by atoms with E-state index in [1.807, 2.05) is 6.92 Å². The molecule has 1 aromatic heterocycles. The van der Waals surface area contributed by atoms with Gasteiger partial charge in [-0.3, -0.25) is 4.79 Å². The fraction of sp³-hybridized carbons (Fsp3) is 0.429. The number of amides is 1. The van der Waals surface area contributed by atoms with Crippen LogP contribution in [0.1, 0.15) is 19.4 Å². The van der Waals surface area contributed by atoms with E-state index >= 15 is 0 Å². The zero-order valence-corrected chi connectivity index (χ0v) is 6.40. The molecule has 1 aromatic rings. The number of carbonyl (C=O) groups excluding carboxylic acids is 1. The lowest BCUT2D eigenvalue weighted by Crippen LogP contribution is -2.24. The minimum atomic E-state index is -0.314. The summed E-state index contributed by atoms with van der Waals surface area (Å²) in [7, 11) is 0. The van der Waals surface area contributed by atoms with Crippen molar-refractivity contribution >= 4 is 5.91 Å². The van der Waals surface area contributed by atoms with Crippen molar-refractivity contribution in [2.45, 2.75) is 19.4 Å². The largest absolute Gasteiger partial charge is 0.368 e. The zero-order chi connectivity index (χ0) is 8.27. The first kappa shape index (κ1) is 7.78. The van der Waals surface area contributed by atoms with Crippen molar-refractivity contribution in [1.29, 1.82) is 0 Å². The molecule has 11 heavy (non-hydrogen) atoms. The predicted molar refractivity (Wildman–Crippen MR) is 40.7 cm³/mol. The smallest absolute Gasteiger partial charge is 0.240 e. The third-order valence-corrected chi connectivity index (χ3v) is 1.60. The summed E-state index contributed by atoms with van der Waals surface area (Å²) in [4.78, 5) is 14.6. The van der Waals surface area contributed by atoms with Crippen molar-refractivity contribution < 1.29 is 4.79 Å². The number of hydrogen-bond acceptors (Lipinski definition) is 2. The Labute approximate surface area is 65.0 Å². The molecule has 0 saturated heterocycles. The molecule has 4 nitrogen and oxygen atoms in total. The van der Waals surface area contributed by atoms with E-state index in [0.29, 0.717) is 6.42 Å². The van der Waals surface area contributed by atoms with Crippen molar-refractivity contribution in [3.63, 3.8) is 0 Å². The molecule has 1 heterocycles. The highest BCUT2D eigenvalue weighted by Crippen LogP contribution is 2.08. The summed E-state index contributed by atoms with van der Waals surface area (Å²) in [5, 5.41) is 0. The van der Waals surface area contributed by atoms with Crippen LogP contribution in [0.5, 0.6) is 0 Å². The summed E-state index contributed by atoms with van der Waals surface area (Å²) in [6.07, 6.45) is 5.66. The summed E-state index contributed by atoms with van der Waals surface area (Å²) in [6, 6.07) is -0.252. The molecule has 0 saturated carbocycles. The SMILES string of the molecule is CCC(C(N)=O)n1ccnc1. The van der Waals surface area contributed by atoms with Crippen molar-refractivity contribution in [3.8, 4) is 0 Å². The van der Waals surface area contributed by atoms with Crippen LogP contribution < -0.4 is 5.73 Å². The Morgan fingerprint density at radius 3 is 2.91 bits per heavy atom. The van der Waals surface area contributed by atoms with E-state index in [0.717, 1.165) is 0 Å². The minimum Gasteiger partial charge on any atom is -0.368 e. The molecule has 0 bridgehead atoms. The normalized spacial score (nSPS) is 12.8. The Morgan fingerprint density at radius 1 is 1.82 bits per heavy atom. The van der Waals surface area contributed by atoms with Crippen molar-refractivity contribution in [1.82, 2.24) is 9.55 Å². The van der Waals surface area contributed by atoms with E-state index in [-0.39, 0.29) is 11.9 Å². The van der Waals surface area contributed by atoms with Gasteiger partial charge in [0.2, 0.25) is 5.91 Å². The number of hydrogen-bond donors (Lipinski definition) is 1. The van der Waals surface area contributed by atoms with Crippen LogP contribution in [0.4, 0.5) is 0 Å². The maximum atomic E-state index is 10.8. The lowest BCUT2D eigenvalue weighted by atomic mass is 10.2. The molecule has 0 aliphatic carbocycles. The lowest BCUT2D eigenvalue weighted by molar-refractivity contribution is -0.121. The van der Waals surface area contributed by atoms with Gasteiger partial charge in [0.15, 0.2) is 0 Å². The lowest BCUT2D eigenvalue weighted by Gasteiger charge is -2.10. The van der Waals surface area contributed by atoms with E-state index in [1.165, 1.54) is 0 Å². The van der Waals surface area contributed by atoms with E-state index in [1.54, 1.807) is 23.3 Å². The first-order chi connectivity index (χ1) is 5.25. The molecule has 1 amide bonds. The van der Waals surface area contributed by atoms with Gasteiger partial charge in [-0.25, -0.2) is 4.98 Å². The van der Waals surface area contributed by atoms with Gasteiger partial charge in [0, 0.05) is 12.4 Å². The van der Waals surface area contributed by atoms with E-state index in [2.05, 4.69) is 4.98 Å². The number of primary amides is 1. The topological polar surface area (TPSA) is 60.9 Å². The molecule has 1 unspecified atom stereocenters. The van der Waals surface area contributed by atoms with Crippen molar-refractivity contribution in [3.05, 3.63) is 18.7 Å². The van der Waals surface area contributed by atoms with Crippen LogP contribution >= 0.6 is 0 Å². The molecule has 2 N–H and O–H groups in total. The number of imidazole rings is 1. The summed E-state index contributed by atoms with van der Waals surface area (Å²) < 4.78 is 1.71. The summed E-state index contributed by atoms with van der Waals surface area (Å²) in [6.45, 7) is 1.91. The second-order valence-corrected chi connectivity index (χ2v) is 2.34. The summed E-state index contributed by atoms with van der Waals surface area (Å²) in [5.74, 6) is -0.314. The average molecular weight is 153 g/mol. The molecule has 1 rings (SSSR count). The molecule has 0 aliphatic rings. The number of nitrogens with zero attached hydrogens (tertiary/aromatic N) is 2. The third kappa shape index (κ3) is 1.58. The fourth-order valence-electron chi connectivity index (χ4n) is 1.01. The van der Waals surface area contributed by atoms with Gasteiger partial charge in [-0.15, -0.1) is 0 Å². The van der Waals surface area contributed by atoms with Gasteiger partial charge in [-0.1, -0.05) is 6.92 Å². The Morgan fingerprint density at radius 2 is 2.55 bits per heavy atom. The fourth-order valence-corrected chi connectivity index (χ4v) is 1.01. The summed E-state index contributed by atoms with van der Waals surface area (Å²) >= 11 is 0. The molecule has 1 atom stereocenters. The molecule has 0 aliphatic heterocycles. The van der Waals surface area contributed by atoms with Crippen LogP contribution in [0.25, 0.3) is 0 Å². The van der Waals surface area contributed by atoms with Crippen LogP contribution in [-0.2, 0) is 4.79 Å². The van der Waals surface area contributed by atoms with Crippen LogP contribution in [0.15, 0.2) is 18.7 Å². The van der Waals surface area contributed by atoms with Gasteiger partial charge in [-0.2, -0.15) is 0 Å². The molecule has 0 radical (unpaired) electrons. The maximum absolute atomic E-state index is 10.8. The van der Waals surface area contributed by atoms with Crippen LogP contribution in [0, 0.1) is 0 Å². The van der Waals surface area contributed by atoms with E-state index in [9.17, 15) is 4.79 Å². The van der Waals surface area contributed by atoms with Crippen LogP contribution in [0.3, 0.4) is 0 Å². The maximum Gasteiger partial charge on any atom is 0.240 e. The number of aromatic nitrogens is 2. The molecule has 4 heteroatoms. The van der Waals surface area contributed by atoms with Gasteiger partial charge in [-0.05, 0) is 6.42 Å². The van der Waals surface area contributed by atoms with Crippen molar-refractivity contribution in [2.24, 2.45) is 5.73 Å². The monoisotopic (exact) mass is 153 g/mol. The zero-order valence-electron chi connectivity index (χ0n) is 6.40. The second-order valence-electron chi connectivity index (χ2n) is 2.34. The average Bonchev–Trinajstić information content (AvgIpc) is 2.40. The number of nitrogens with two attached hydrogens (primary N) is 1. The Bertz CT molecular complexity index is 230. The minimum absolute atomic E-state index is 0.252. The standard InChI is InChI=1S/C7H11N3O/c1-2-6(7(8)11)10-4-3-9-5-10/h3-6H,2H2,1H3,(H2,8,11). The third-order valence-electron chi connectivity index (χ3n) is 1.60. The van der Waals surface area contributed by atoms with Crippen molar-refractivity contribution in [2.75, 3.05) is 0 Å². The number of carbonyl (C=O) groups is 1. The highest BCUT2D eigenvalue weighted by molar-refractivity contribution is 5.78. The first-order valence-corrected chi connectivity index (χ1v) is 3.52. The van der Waals surface area contributed by atoms with Gasteiger partial charge in [0.1, 0.15) is 6.04 Å². The van der Waals surface area contributed by atoms with Gasteiger partial charge < -0.3 is 10.3 Å². The van der Waals surface area contributed by atoms with Gasteiger partial charge in [0.25, 0.3) is 0 Å². The first-order valence-electron chi connectivity index (χ1n) is 3.52. The van der Waals surface area contributed by atoms with Gasteiger partial charge in [0.05, 0.1) is 6.33 Å². The Balaban J connectivity index is 2.79. The molecular formula is C7H11N3O. The quantitative estimate of drug-likeness (QED) is 0.679. The van der Waals surface area contributed by atoms with Gasteiger partial charge >= 0.3 is 0 Å². The van der Waals surface area contributed by atoms with Crippen LogP contribution in [-0.4, -0.2) is 15.5 Å². The second kappa shape index (κ2) is 3.18. The molecule has 0 spiro atoms. The molecular weight excluding hydrogens is 142 g/mol. The molecule has 0 aromatic carbocycles. The highest BCUT2D eigenvalue weighted by Gasteiger charge is 2.12. The molecule has 60 valence electrons. The van der Waals surface area contributed by atoms with E-state index < -0.39 is 0 Å². The van der Waals surface area contributed by atoms with E-state index in [4.69, 9.17) is 5.73 Å².